The molecule has 0 aliphatic carbocycles. The van der Waals surface area contributed by atoms with Gasteiger partial charge in [0, 0.05) is 24.5 Å². The van der Waals surface area contributed by atoms with E-state index < -0.39 is 0 Å². The van der Waals surface area contributed by atoms with Crippen LogP contribution in [-0.2, 0) is 0 Å². The van der Waals surface area contributed by atoms with Gasteiger partial charge in [0.25, 0.3) is 5.91 Å². The van der Waals surface area contributed by atoms with Gasteiger partial charge in [0.15, 0.2) is 0 Å². The van der Waals surface area contributed by atoms with Crippen LogP contribution in [0.3, 0.4) is 0 Å². The third-order valence-electron chi connectivity index (χ3n) is 2.33. The molecule has 1 rings (SSSR count). The first-order valence-corrected chi connectivity index (χ1v) is 5.22. The summed E-state index contributed by atoms with van der Waals surface area (Å²) in [5.41, 5.74) is 2.14. The van der Waals surface area contributed by atoms with Crippen molar-refractivity contribution in [3.05, 3.63) is 41.1 Å². The van der Waals surface area contributed by atoms with Gasteiger partial charge in [0.05, 0.1) is 0 Å². The normalized spacial score (nSPS) is 8.67. The average molecular weight is 240 g/mol. The van der Waals surface area contributed by atoms with Crippen molar-refractivity contribution in [3.63, 3.8) is 0 Å². The maximum atomic E-state index is 11.4. The number of rotatable bonds is 3. The van der Waals surface area contributed by atoms with E-state index in [1.807, 2.05) is 6.92 Å². The van der Waals surface area contributed by atoms with Crippen LogP contribution in [0.15, 0.2) is 30.0 Å². The molecule has 0 aliphatic rings. The molecule has 0 atom stereocenters. The van der Waals surface area contributed by atoms with Gasteiger partial charge in [0.1, 0.15) is 17.7 Å². The van der Waals surface area contributed by atoms with Crippen molar-refractivity contribution < 1.29 is 4.79 Å². The molecule has 1 aromatic carbocycles. The quantitative estimate of drug-likeness (QED) is 0.787. The molecule has 0 aromatic heterocycles. The van der Waals surface area contributed by atoms with Crippen LogP contribution in [0.2, 0.25) is 0 Å². The number of carbonyl (C=O) groups is 1. The fourth-order valence-corrected chi connectivity index (χ4v) is 1.35. The number of benzene rings is 1. The van der Waals surface area contributed by atoms with Crippen LogP contribution >= 0.6 is 0 Å². The average Bonchev–Trinajstić information content (AvgIpc) is 2.40. The van der Waals surface area contributed by atoms with E-state index in [-0.39, 0.29) is 11.5 Å². The van der Waals surface area contributed by atoms with Crippen LogP contribution < -0.4 is 10.6 Å². The first-order valence-electron chi connectivity index (χ1n) is 5.22. The summed E-state index contributed by atoms with van der Waals surface area (Å²) >= 11 is 0. The molecule has 90 valence electrons. The molecule has 0 fully saturated rings. The second-order valence-electron chi connectivity index (χ2n) is 3.53. The molecule has 0 unspecified atom stereocenters. The van der Waals surface area contributed by atoms with E-state index in [1.165, 1.54) is 6.20 Å². The van der Waals surface area contributed by atoms with Gasteiger partial charge < -0.3 is 10.6 Å². The fraction of sp³-hybridized carbons (Fsp3) is 0.154. The molecule has 0 heterocycles. The van der Waals surface area contributed by atoms with Crippen LogP contribution in [-0.4, -0.2) is 13.0 Å². The summed E-state index contributed by atoms with van der Waals surface area (Å²) < 4.78 is 0. The van der Waals surface area contributed by atoms with Crippen molar-refractivity contribution in [1.82, 2.24) is 5.32 Å². The predicted molar refractivity (Wildman–Crippen MR) is 67.5 cm³/mol. The highest BCUT2D eigenvalue weighted by molar-refractivity contribution is 5.94. The second-order valence-corrected chi connectivity index (χ2v) is 3.53. The van der Waals surface area contributed by atoms with E-state index in [0.29, 0.717) is 5.56 Å². The molecule has 1 amide bonds. The Bertz CT molecular complexity index is 560. The number of nitrogens with zero attached hydrogens (tertiary/aromatic N) is 2. The molecule has 0 spiro atoms. The lowest BCUT2D eigenvalue weighted by molar-refractivity contribution is 0.0963. The van der Waals surface area contributed by atoms with Gasteiger partial charge in [-0.05, 0) is 30.7 Å². The topological polar surface area (TPSA) is 88.7 Å². The van der Waals surface area contributed by atoms with Gasteiger partial charge in [-0.3, -0.25) is 4.79 Å². The molecule has 0 saturated carbocycles. The number of hydrogen-bond acceptors (Lipinski definition) is 4. The van der Waals surface area contributed by atoms with Crippen LogP contribution in [0, 0.1) is 29.6 Å². The number of nitrogens with one attached hydrogen (secondary N) is 2. The standard InChI is InChI=1S/C13H12N4O/c1-9-5-11(13(18)16-2)3-4-12(9)17-8-10(6-14)7-15/h3-5,8,17H,1-2H3,(H,16,18). The highest BCUT2D eigenvalue weighted by Crippen LogP contribution is 2.16. The minimum atomic E-state index is -0.157. The first kappa shape index (κ1) is 13.3. The number of nitriles is 2. The minimum Gasteiger partial charge on any atom is -0.360 e. The SMILES string of the molecule is CNC(=O)c1ccc(NC=C(C#N)C#N)c(C)c1. The van der Waals surface area contributed by atoms with Gasteiger partial charge in [-0.2, -0.15) is 10.5 Å². The number of amides is 1. The molecular formula is C13H12N4O. The Kier molecular flexibility index (Phi) is 4.48. The maximum Gasteiger partial charge on any atom is 0.251 e. The molecular weight excluding hydrogens is 228 g/mol. The van der Waals surface area contributed by atoms with Crippen molar-refractivity contribution in [1.29, 1.82) is 10.5 Å². The molecule has 0 radical (unpaired) electrons. The number of anilines is 1. The highest BCUT2D eigenvalue weighted by atomic mass is 16.1. The number of carbonyl (C=O) groups excluding carboxylic acids is 1. The lowest BCUT2D eigenvalue weighted by Gasteiger charge is -2.07. The molecule has 5 heteroatoms. The molecule has 5 nitrogen and oxygen atoms in total. The zero-order chi connectivity index (χ0) is 13.5. The van der Waals surface area contributed by atoms with Crippen molar-refractivity contribution in [2.75, 3.05) is 12.4 Å². The van der Waals surface area contributed by atoms with E-state index in [9.17, 15) is 4.79 Å². The van der Waals surface area contributed by atoms with E-state index >= 15 is 0 Å². The largest absolute Gasteiger partial charge is 0.360 e. The van der Waals surface area contributed by atoms with Gasteiger partial charge in [0.2, 0.25) is 0 Å². The predicted octanol–water partition coefficient (Wildman–Crippen LogP) is 1.70. The third-order valence-corrected chi connectivity index (χ3v) is 2.33. The summed E-state index contributed by atoms with van der Waals surface area (Å²) in [6, 6.07) is 8.63. The van der Waals surface area contributed by atoms with E-state index in [1.54, 1.807) is 37.4 Å². The fourth-order valence-electron chi connectivity index (χ4n) is 1.35. The Labute approximate surface area is 105 Å². The Morgan fingerprint density at radius 1 is 1.33 bits per heavy atom. The summed E-state index contributed by atoms with van der Waals surface area (Å²) in [5.74, 6) is -0.157. The van der Waals surface area contributed by atoms with Gasteiger partial charge in [-0.15, -0.1) is 0 Å². The van der Waals surface area contributed by atoms with Crippen molar-refractivity contribution in [2.45, 2.75) is 6.92 Å². The Morgan fingerprint density at radius 2 is 2.00 bits per heavy atom. The highest BCUT2D eigenvalue weighted by Gasteiger charge is 2.05. The van der Waals surface area contributed by atoms with Gasteiger partial charge in [-0.25, -0.2) is 0 Å². The lowest BCUT2D eigenvalue weighted by Crippen LogP contribution is -2.17. The molecule has 1 aromatic rings. The monoisotopic (exact) mass is 240 g/mol. The zero-order valence-corrected chi connectivity index (χ0v) is 10.1. The molecule has 0 bridgehead atoms. The zero-order valence-electron chi connectivity index (χ0n) is 10.1. The summed E-state index contributed by atoms with van der Waals surface area (Å²) in [6.07, 6.45) is 1.34. The first-order chi connectivity index (χ1) is 8.62. The van der Waals surface area contributed by atoms with E-state index in [2.05, 4.69) is 10.6 Å². The summed E-state index contributed by atoms with van der Waals surface area (Å²) in [5, 5.41) is 22.6. The minimum absolute atomic E-state index is 0.00947. The second kappa shape index (κ2) is 6.07. The van der Waals surface area contributed by atoms with E-state index in [0.717, 1.165) is 11.3 Å². The number of hydrogen-bond donors (Lipinski definition) is 2. The molecule has 0 aliphatic heterocycles. The summed E-state index contributed by atoms with van der Waals surface area (Å²) in [4.78, 5) is 11.4. The summed E-state index contributed by atoms with van der Waals surface area (Å²) in [6.45, 7) is 1.83. The molecule has 2 N–H and O–H groups in total. The smallest absolute Gasteiger partial charge is 0.251 e. The van der Waals surface area contributed by atoms with Crippen LogP contribution in [0.5, 0.6) is 0 Å². The maximum absolute atomic E-state index is 11.4. The van der Waals surface area contributed by atoms with Crippen molar-refractivity contribution >= 4 is 11.6 Å². The Balaban J connectivity index is 2.95. The third kappa shape index (κ3) is 3.10. The number of aryl methyl sites for hydroxylation is 1. The van der Waals surface area contributed by atoms with Gasteiger partial charge >= 0.3 is 0 Å². The van der Waals surface area contributed by atoms with Gasteiger partial charge in [-0.1, -0.05) is 0 Å². The van der Waals surface area contributed by atoms with E-state index in [4.69, 9.17) is 10.5 Å². The molecule has 18 heavy (non-hydrogen) atoms. The van der Waals surface area contributed by atoms with Crippen LogP contribution in [0.25, 0.3) is 0 Å². The molecule has 0 saturated heterocycles. The lowest BCUT2D eigenvalue weighted by atomic mass is 10.1. The van der Waals surface area contributed by atoms with Crippen molar-refractivity contribution in [2.24, 2.45) is 0 Å². The Hall–Kier alpha value is -2.79. The van der Waals surface area contributed by atoms with Crippen LogP contribution in [0.1, 0.15) is 15.9 Å². The summed E-state index contributed by atoms with van der Waals surface area (Å²) in [7, 11) is 1.57. The Morgan fingerprint density at radius 3 is 2.50 bits per heavy atom. The number of allylic oxidation sites excluding steroid dienone is 1. The van der Waals surface area contributed by atoms with Crippen LogP contribution in [0.4, 0.5) is 5.69 Å². The van der Waals surface area contributed by atoms with Crippen molar-refractivity contribution in [3.8, 4) is 12.1 Å².